The summed E-state index contributed by atoms with van der Waals surface area (Å²) in [5.41, 5.74) is 4.72. The third kappa shape index (κ3) is 5.05. The molecule has 0 aliphatic carbocycles. The number of rotatable bonds is 7. The predicted molar refractivity (Wildman–Crippen MR) is 126 cm³/mol. The average molecular weight is 437 g/mol. The van der Waals surface area contributed by atoms with Crippen LogP contribution in [-0.2, 0) is 20.7 Å². The number of nitrogens with zero attached hydrogens (tertiary/aromatic N) is 2. The van der Waals surface area contributed by atoms with Crippen LogP contribution in [0.3, 0.4) is 0 Å². The van der Waals surface area contributed by atoms with Crippen molar-refractivity contribution < 1.29 is 14.3 Å². The molecule has 0 saturated carbocycles. The molecule has 0 aromatic heterocycles. The standard InChI is InChI=1S/C25H32N4O3/c1-28(2)20-11-9-19(10-12-20)23(29-14-13-18-6-3-4-8-22(18)29)17-27-25(31)24(30)26-16-21-7-5-15-32-21/h3-4,6,8-12,21,23H,5,7,13-17H2,1-2H3,(H,26,30)(H,27,31)/t21-,23+/m0/s1. The van der Waals surface area contributed by atoms with Crippen LogP contribution in [0.5, 0.6) is 0 Å². The molecule has 2 aromatic carbocycles. The fraction of sp³-hybridized carbons (Fsp3) is 0.440. The number of fused-ring (bicyclic) bond motifs is 1. The van der Waals surface area contributed by atoms with Gasteiger partial charge in [-0.2, -0.15) is 0 Å². The van der Waals surface area contributed by atoms with Crippen LogP contribution in [0.1, 0.15) is 30.0 Å². The minimum Gasteiger partial charge on any atom is -0.378 e. The molecule has 2 amide bonds. The number of hydrogen-bond acceptors (Lipinski definition) is 5. The number of carbonyl (C=O) groups excluding carboxylic acids is 2. The first-order valence-electron chi connectivity index (χ1n) is 11.3. The Morgan fingerprint density at radius 2 is 1.84 bits per heavy atom. The van der Waals surface area contributed by atoms with E-state index in [-0.39, 0.29) is 12.1 Å². The van der Waals surface area contributed by atoms with E-state index in [0.29, 0.717) is 13.1 Å². The fourth-order valence-corrected chi connectivity index (χ4v) is 4.45. The maximum absolute atomic E-state index is 12.5. The highest BCUT2D eigenvalue weighted by Crippen LogP contribution is 2.35. The Morgan fingerprint density at radius 1 is 1.09 bits per heavy atom. The van der Waals surface area contributed by atoms with Crippen molar-refractivity contribution in [1.82, 2.24) is 10.6 Å². The number of amides is 2. The minimum atomic E-state index is -0.607. The van der Waals surface area contributed by atoms with E-state index < -0.39 is 11.8 Å². The van der Waals surface area contributed by atoms with Crippen molar-refractivity contribution in [2.45, 2.75) is 31.4 Å². The normalized spacial score (nSPS) is 18.2. The summed E-state index contributed by atoms with van der Waals surface area (Å²) >= 11 is 0. The van der Waals surface area contributed by atoms with Gasteiger partial charge in [-0.1, -0.05) is 30.3 Å². The van der Waals surface area contributed by atoms with Crippen LogP contribution >= 0.6 is 0 Å². The van der Waals surface area contributed by atoms with Gasteiger partial charge in [0.1, 0.15) is 0 Å². The maximum Gasteiger partial charge on any atom is 0.309 e. The first-order valence-corrected chi connectivity index (χ1v) is 11.3. The van der Waals surface area contributed by atoms with Crippen LogP contribution in [0, 0.1) is 0 Å². The third-order valence-corrected chi connectivity index (χ3v) is 6.27. The lowest BCUT2D eigenvalue weighted by atomic mass is 10.0. The second-order valence-electron chi connectivity index (χ2n) is 8.63. The number of nitrogens with one attached hydrogen (secondary N) is 2. The smallest absolute Gasteiger partial charge is 0.309 e. The van der Waals surface area contributed by atoms with Crippen molar-refractivity contribution in [3.63, 3.8) is 0 Å². The molecule has 2 heterocycles. The highest BCUT2D eigenvalue weighted by Gasteiger charge is 2.28. The van der Waals surface area contributed by atoms with E-state index in [0.717, 1.165) is 43.7 Å². The molecular weight excluding hydrogens is 404 g/mol. The molecule has 4 rings (SSSR count). The Bertz CT molecular complexity index is 938. The van der Waals surface area contributed by atoms with E-state index in [2.05, 4.69) is 62.9 Å². The Morgan fingerprint density at radius 3 is 2.56 bits per heavy atom. The van der Waals surface area contributed by atoms with Gasteiger partial charge < -0.3 is 25.2 Å². The van der Waals surface area contributed by atoms with Gasteiger partial charge in [-0.3, -0.25) is 9.59 Å². The van der Waals surface area contributed by atoms with Crippen LogP contribution < -0.4 is 20.4 Å². The summed E-state index contributed by atoms with van der Waals surface area (Å²) in [5, 5.41) is 5.56. The number of benzene rings is 2. The number of para-hydroxylation sites is 1. The molecule has 0 unspecified atom stereocenters. The molecule has 2 atom stereocenters. The van der Waals surface area contributed by atoms with E-state index >= 15 is 0 Å². The van der Waals surface area contributed by atoms with Crippen LogP contribution in [-0.4, -0.2) is 58.3 Å². The van der Waals surface area contributed by atoms with E-state index in [1.807, 2.05) is 20.2 Å². The summed E-state index contributed by atoms with van der Waals surface area (Å²) in [7, 11) is 4.03. The second-order valence-corrected chi connectivity index (χ2v) is 8.63. The molecule has 2 N–H and O–H groups in total. The van der Waals surface area contributed by atoms with Crippen molar-refractivity contribution in [3.8, 4) is 0 Å². The Labute approximate surface area is 189 Å². The van der Waals surface area contributed by atoms with Gasteiger partial charge in [0.2, 0.25) is 0 Å². The van der Waals surface area contributed by atoms with Gasteiger partial charge in [0.05, 0.1) is 12.1 Å². The average Bonchev–Trinajstić information content (AvgIpc) is 3.48. The number of hydrogen-bond donors (Lipinski definition) is 2. The summed E-state index contributed by atoms with van der Waals surface area (Å²) in [6, 6.07) is 16.7. The zero-order valence-electron chi connectivity index (χ0n) is 18.8. The lowest BCUT2D eigenvalue weighted by molar-refractivity contribution is -0.139. The van der Waals surface area contributed by atoms with Crippen LogP contribution in [0.4, 0.5) is 11.4 Å². The van der Waals surface area contributed by atoms with Gasteiger partial charge in [-0.15, -0.1) is 0 Å². The lowest BCUT2D eigenvalue weighted by Crippen LogP contribution is -2.45. The maximum atomic E-state index is 12.5. The van der Waals surface area contributed by atoms with Crippen molar-refractivity contribution >= 4 is 23.2 Å². The van der Waals surface area contributed by atoms with E-state index in [1.165, 1.54) is 11.3 Å². The number of anilines is 2. The van der Waals surface area contributed by atoms with Gasteiger partial charge in [-0.25, -0.2) is 0 Å². The lowest BCUT2D eigenvalue weighted by Gasteiger charge is -2.31. The SMILES string of the molecule is CN(C)c1ccc([C@@H](CNC(=O)C(=O)NC[C@@H]2CCCO2)N2CCc3ccccc32)cc1. The molecule has 2 aromatic rings. The highest BCUT2D eigenvalue weighted by atomic mass is 16.5. The van der Waals surface area contributed by atoms with Crippen LogP contribution in [0.2, 0.25) is 0 Å². The zero-order chi connectivity index (χ0) is 22.5. The summed E-state index contributed by atoms with van der Waals surface area (Å²) < 4.78 is 5.51. The summed E-state index contributed by atoms with van der Waals surface area (Å²) in [6.45, 7) is 2.32. The van der Waals surface area contributed by atoms with E-state index in [9.17, 15) is 9.59 Å². The minimum absolute atomic E-state index is 0.0100. The molecule has 2 aliphatic rings. The molecule has 0 radical (unpaired) electrons. The van der Waals surface area contributed by atoms with Crippen molar-refractivity contribution in [2.75, 3.05) is 50.1 Å². The summed E-state index contributed by atoms with van der Waals surface area (Å²) in [6.07, 6.45) is 2.90. The van der Waals surface area contributed by atoms with Gasteiger partial charge in [-0.05, 0) is 48.6 Å². The fourth-order valence-electron chi connectivity index (χ4n) is 4.45. The van der Waals surface area contributed by atoms with Gasteiger partial charge in [0, 0.05) is 51.7 Å². The van der Waals surface area contributed by atoms with Crippen molar-refractivity contribution in [3.05, 3.63) is 59.7 Å². The summed E-state index contributed by atoms with van der Waals surface area (Å²) in [5.74, 6) is -1.21. The van der Waals surface area contributed by atoms with Gasteiger partial charge in [0.15, 0.2) is 0 Å². The predicted octanol–water partition coefficient (Wildman–Crippen LogP) is 2.27. The molecular formula is C25H32N4O3. The topological polar surface area (TPSA) is 73.9 Å². The molecule has 1 fully saturated rings. The highest BCUT2D eigenvalue weighted by molar-refractivity contribution is 6.35. The molecule has 7 heteroatoms. The molecule has 170 valence electrons. The molecule has 7 nitrogen and oxygen atoms in total. The monoisotopic (exact) mass is 436 g/mol. The van der Waals surface area contributed by atoms with Crippen molar-refractivity contribution in [2.24, 2.45) is 0 Å². The first-order chi connectivity index (χ1) is 15.5. The first kappa shape index (κ1) is 22.1. The van der Waals surface area contributed by atoms with Crippen LogP contribution in [0.15, 0.2) is 48.5 Å². The number of carbonyl (C=O) groups is 2. The third-order valence-electron chi connectivity index (χ3n) is 6.27. The Hall–Kier alpha value is -3.06. The number of ether oxygens (including phenoxy) is 1. The Balaban J connectivity index is 1.45. The zero-order valence-corrected chi connectivity index (χ0v) is 18.8. The van der Waals surface area contributed by atoms with Gasteiger partial charge in [0.25, 0.3) is 0 Å². The largest absolute Gasteiger partial charge is 0.378 e. The molecule has 1 saturated heterocycles. The van der Waals surface area contributed by atoms with Gasteiger partial charge >= 0.3 is 11.8 Å². The quantitative estimate of drug-likeness (QED) is 0.652. The van der Waals surface area contributed by atoms with Crippen LogP contribution in [0.25, 0.3) is 0 Å². The van der Waals surface area contributed by atoms with Crippen molar-refractivity contribution in [1.29, 1.82) is 0 Å². The molecule has 2 aliphatic heterocycles. The Kier molecular flexibility index (Phi) is 6.95. The van der Waals surface area contributed by atoms with E-state index in [4.69, 9.17) is 4.74 Å². The molecule has 0 bridgehead atoms. The van der Waals surface area contributed by atoms with E-state index in [1.54, 1.807) is 0 Å². The molecule has 32 heavy (non-hydrogen) atoms. The molecule has 0 spiro atoms. The second kappa shape index (κ2) is 10.0. The summed E-state index contributed by atoms with van der Waals surface area (Å²) in [4.78, 5) is 29.2.